The maximum absolute atomic E-state index is 12.1. The van der Waals surface area contributed by atoms with E-state index in [1.165, 1.54) is 0 Å². The molecule has 7 heteroatoms. The number of ether oxygens (including phenoxy) is 1. The summed E-state index contributed by atoms with van der Waals surface area (Å²) in [5.74, 6) is 1.34. The number of carbonyl (C=O) groups excluding carboxylic acids is 1. The highest BCUT2D eigenvalue weighted by atomic mass is 127. The Balaban J connectivity index is 0.00000312. The van der Waals surface area contributed by atoms with Gasteiger partial charge in [-0.05, 0) is 38.0 Å². The highest BCUT2D eigenvalue weighted by Gasteiger charge is 2.11. The number of amides is 1. The molecule has 6 nitrogen and oxygen atoms in total. The third-order valence-electron chi connectivity index (χ3n) is 3.69. The fraction of sp³-hybridized carbons (Fsp3) is 0.444. The van der Waals surface area contributed by atoms with Crippen molar-refractivity contribution in [1.29, 1.82) is 0 Å². The molecular weight excluding hydrogens is 431 g/mol. The predicted molar refractivity (Wildman–Crippen MR) is 112 cm³/mol. The van der Waals surface area contributed by atoms with Crippen LogP contribution in [0.1, 0.15) is 30.1 Å². The third-order valence-corrected chi connectivity index (χ3v) is 3.69. The standard InChI is InChI=1S/C18H26N4O2.HI/c1-3-19-18(22-15-8-4-5-9-15)21-12-11-20-17(23)14-7-6-10-16(13-14)24-2;/h4-7,10,13,15H,3,8-9,11-12H2,1-2H3,(H,20,23)(H2,19,21,22);1H. The smallest absolute Gasteiger partial charge is 0.251 e. The fourth-order valence-corrected chi connectivity index (χ4v) is 2.45. The average molecular weight is 458 g/mol. The molecule has 0 heterocycles. The van der Waals surface area contributed by atoms with E-state index in [0.29, 0.717) is 30.4 Å². The molecule has 0 aliphatic heterocycles. The monoisotopic (exact) mass is 458 g/mol. The largest absolute Gasteiger partial charge is 0.497 e. The number of aliphatic imine (C=N–C) groups is 1. The molecule has 0 fully saturated rings. The summed E-state index contributed by atoms with van der Waals surface area (Å²) < 4.78 is 5.13. The van der Waals surface area contributed by atoms with E-state index in [4.69, 9.17) is 4.74 Å². The Hall–Kier alpha value is -1.77. The number of nitrogens with zero attached hydrogens (tertiary/aromatic N) is 1. The Kier molecular flexibility index (Phi) is 9.98. The molecule has 1 aromatic rings. The minimum absolute atomic E-state index is 0. The number of hydrogen-bond acceptors (Lipinski definition) is 3. The highest BCUT2D eigenvalue weighted by molar-refractivity contribution is 14.0. The van der Waals surface area contributed by atoms with E-state index in [-0.39, 0.29) is 29.9 Å². The normalized spacial score (nSPS) is 13.9. The quantitative estimate of drug-likeness (QED) is 0.193. The summed E-state index contributed by atoms with van der Waals surface area (Å²) in [6.07, 6.45) is 6.40. The Morgan fingerprint density at radius 3 is 2.72 bits per heavy atom. The maximum atomic E-state index is 12.1. The van der Waals surface area contributed by atoms with E-state index in [2.05, 4.69) is 33.1 Å². The van der Waals surface area contributed by atoms with Crippen molar-refractivity contribution in [3.05, 3.63) is 42.0 Å². The van der Waals surface area contributed by atoms with Gasteiger partial charge in [-0.3, -0.25) is 9.79 Å². The van der Waals surface area contributed by atoms with Crippen molar-refractivity contribution >= 4 is 35.8 Å². The number of nitrogens with one attached hydrogen (secondary N) is 3. The van der Waals surface area contributed by atoms with E-state index in [9.17, 15) is 4.79 Å². The molecule has 0 saturated carbocycles. The van der Waals surface area contributed by atoms with Crippen LogP contribution in [-0.4, -0.2) is 44.7 Å². The summed E-state index contributed by atoms with van der Waals surface area (Å²) in [5.41, 5.74) is 0.584. The van der Waals surface area contributed by atoms with Crippen molar-refractivity contribution in [2.45, 2.75) is 25.8 Å². The average Bonchev–Trinajstić information content (AvgIpc) is 3.11. The molecular formula is C18H27IN4O2. The van der Waals surface area contributed by atoms with Gasteiger partial charge in [0.05, 0.1) is 13.7 Å². The molecule has 3 N–H and O–H groups in total. The van der Waals surface area contributed by atoms with Crippen LogP contribution in [-0.2, 0) is 0 Å². The minimum Gasteiger partial charge on any atom is -0.497 e. The third kappa shape index (κ3) is 7.33. The van der Waals surface area contributed by atoms with Crippen molar-refractivity contribution in [2.24, 2.45) is 4.99 Å². The van der Waals surface area contributed by atoms with Crippen molar-refractivity contribution in [2.75, 3.05) is 26.7 Å². The van der Waals surface area contributed by atoms with Gasteiger partial charge in [-0.25, -0.2) is 0 Å². The van der Waals surface area contributed by atoms with Gasteiger partial charge in [0.1, 0.15) is 5.75 Å². The zero-order chi connectivity index (χ0) is 17.2. The van der Waals surface area contributed by atoms with Crippen molar-refractivity contribution in [3.63, 3.8) is 0 Å². The second kappa shape index (κ2) is 11.7. The molecule has 0 unspecified atom stereocenters. The van der Waals surface area contributed by atoms with Gasteiger partial charge in [-0.2, -0.15) is 0 Å². The molecule has 0 aromatic heterocycles. The second-order valence-corrected chi connectivity index (χ2v) is 5.53. The summed E-state index contributed by atoms with van der Waals surface area (Å²) in [5, 5.41) is 9.50. The van der Waals surface area contributed by atoms with Gasteiger partial charge in [0.15, 0.2) is 5.96 Å². The molecule has 0 saturated heterocycles. The Morgan fingerprint density at radius 1 is 1.28 bits per heavy atom. The fourth-order valence-electron chi connectivity index (χ4n) is 2.45. The zero-order valence-corrected chi connectivity index (χ0v) is 17.1. The van der Waals surface area contributed by atoms with Gasteiger partial charge in [-0.1, -0.05) is 18.2 Å². The molecule has 0 spiro atoms. The lowest BCUT2D eigenvalue weighted by atomic mass is 10.2. The van der Waals surface area contributed by atoms with Crippen molar-refractivity contribution < 1.29 is 9.53 Å². The molecule has 138 valence electrons. The van der Waals surface area contributed by atoms with Gasteiger partial charge in [0.2, 0.25) is 0 Å². The minimum atomic E-state index is -0.123. The lowest BCUT2D eigenvalue weighted by Crippen LogP contribution is -2.43. The number of halogens is 1. The van der Waals surface area contributed by atoms with Crippen molar-refractivity contribution in [1.82, 2.24) is 16.0 Å². The lowest BCUT2D eigenvalue weighted by Gasteiger charge is -2.16. The number of carbonyl (C=O) groups is 1. The van der Waals surface area contributed by atoms with Gasteiger partial charge >= 0.3 is 0 Å². The maximum Gasteiger partial charge on any atom is 0.251 e. The number of hydrogen-bond donors (Lipinski definition) is 3. The lowest BCUT2D eigenvalue weighted by molar-refractivity contribution is 0.0954. The predicted octanol–water partition coefficient (Wildman–Crippen LogP) is 2.32. The van der Waals surface area contributed by atoms with Crippen molar-refractivity contribution in [3.8, 4) is 5.75 Å². The van der Waals surface area contributed by atoms with Crippen LogP contribution in [0.3, 0.4) is 0 Å². The van der Waals surface area contributed by atoms with E-state index >= 15 is 0 Å². The van der Waals surface area contributed by atoms with Crippen LogP contribution in [0.25, 0.3) is 0 Å². The first kappa shape index (κ1) is 21.3. The zero-order valence-electron chi connectivity index (χ0n) is 14.7. The topological polar surface area (TPSA) is 74.8 Å². The molecule has 1 aliphatic rings. The van der Waals surface area contributed by atoms with Gasteiger partial charge in [0, 0.05) is 24.7 Å². The summed E-state index contributed by atoms with van der Waals surface area (Å²) in [6.45, 7) is 3.84. The Labute approximate surface area is 166 Å². The van der Waals surface area contributed by atoms with Crippen LogP contribution in [0.5, 0.6) is 5.75 Å². The van der Waals surface area contributed by atoms with Gasteiger partial charge < -0.3 is 20.7 Å². The summed E-state index contributed by atoms with van der Waals surface area (Å²) >= 11 is 0. The first-order valence-corrected chi connectivity index (χ1v) is 8.35. The number of guanidine groups is 1. The molecule has 2 rings (SSSR count). The number of benzene rings is 1. The van der Waals surface area contributed by atoms with Crippen LogP contribution < -0.4 is 20.7 Å². The molecule has 1 amide bonds. The Bertz CT molecular complexity index is 596. The summed E-state index contributed by atoms with van der Waals surface area (Å²) in [7, 11) is 1.58. The van der Waals surface area contributed by atoms with Crippen LogP contribution in [0, 0.1) is 0 Å². The van der Waals surface area contributed by atoms with E-state index in [1.54, 1.807) is 25.3 Å². The first-order chi connectivity index (χ1) is 11.7. The van der Waals surface area contributed by atoms with E-state index in [0.717, 1.165) is 25.3 Å². The van der Waals surface area contributed by atoms with Crippen LogP contribution >= 0.6 is 24.0 Å². The van der Waals surface area contributed by atoms with Crippen LogP contribution in [0.15, 0.2) is 41.4 Å². The summed E-state index contributed by atoms with van der Waals surface area (Å²) in [4.78, 5) is 16.6. The second-order valence-electron chi connectivity index (χ2n) is 5.53. The molecule has 25 heavy (non-hydrogen) atoms. The molecule has 1 aromatic carbocycles. The first-order valence-electron chi connectivity index (χ1n) is 8.35. The number of methoxy groups -OCH3 is 1. The number of rotatable bonds is 7. The molecule has 0 atom stereocenters. The van der Waals surface area contributed by atoms with Crippen LogP contribution in [0.4, 0.5) is 0 Å². The Morgan fingerprint density at radius 2 is 2.04 bits per heavy atom. The van der Waals surface area contributed by atoms with Gasteiger partial charge in [0.25, 0.3) is 5.91 Å². The molecule has 0 radical (unpaired) electrons. The van der Waals surface area contributed by atoms with Crippen LogP contribution in [0.2, 0.25) is 0 Å². The highest BCUT2D eigenvalue weighted by Crippen LogP contribution is 2.12. The molecule has 0 bridgehead atoms. The van der Waals surface area contributed by atoms with E-state index < -0.39 is 0 Å². The summed E-state index contributed by atoms with van der Waals surface area (Å²) in [6, 6.07) is 7.51. The van der Waals surface area contributed by atoms with E-state index in [1.807, 2.05) is 13.0 Å². The molecule has 1 aliphatic carbocycles. The van der Waals surface area contributed by atoms with Gasteiger partial charge in [-0.15, -0.1) is 24.0 Å². The SMILES string of the molecule is CCNC(=NCCNC(=O)c1cccc(OC)c1)NC1CC=CC1.I.